The minimum absolute atomic E-state index is 0.0575. The number of benzene rings is 2. The Balaban J connectivity index is 1.52. The van der Waals surface area contributed by atoms with E-state index >= 15 is 0 Å². The first-order valence-corrected chi connectivity index (χ1v) is 13.1. The molecule has 0 spiro atoms. The first-order chi connectivity index (χ1) is 16.0. The predicted molar refractivity (Wildman–Crippen MR) is 131 cm³/mol. The van der Waals surface area contributed by atoms with E-state index in [-0.39, 0.29) is 29.4 Å². The summed E-state index contributed by atoms with van der Waals surface area (Å²) in [6.07, 6.45) is 2.07. The van der Waals surface area contributed by atoms with Crippen LogP contribution in [0.1, 0.15) is 62.0 Å². The van der Waals surface area contributed by atoms with Crippen molar-refractivity contribution in [3.05, 3.63) is 65.2 Å². The van der Waals surface area contributed by atoms with E-state index in [1.807, 2.05) is 12.1 Å². The molecule has 1 aliphatic heterocycles. The van der Waals surface area contributed by atoms with Crippen molar-refractivity contribution in [2.45, 2.75) is 57.4 Å². The van der Waals surface area contributed by atoms with E-state index in [1.54, 1.807) is 41.3 Å². The molecule has 1 saturated heterocycles. The molecule has 0 radical (unpaired) electrons. The van der Waals surface area contributed by atoms with E-state index in [4.69, 9.17) is 4.74 Å². The fourth-order valence-electron chi connectivity index (χ4n) is 3.87. The fourth-order valence-corrected chi connectivity index (χ4v) is 4.89. The normalized spacial score (nSPS) is 16.8. The summed E-state index contributed by atoms with van der Waals surface area (Å²) < 4.78 is 33.0. The Labute approximate surface area is 202 Å². The molecule has 1 fully saturated rings. The minimum Gasteiger partial charge on any atom is -0.452 e. The summed E-state index contributed by atoms with van der Waals surface area (Å²) in [5.74, 6) is -0.299. The molecule has 0 aliphatic carbocycles. The number of hydrogen-bond donors (Lipinski definition) is 1. The van der Waals surface area contributed by atoms with Crippen LogP contribution in [0.3, 0.4) is 0 Å². The third kappa shape index (κ3) is 6.90. The maximum absolute atomic E-state index is 12.6. The maximum atomic E-state index is 12.6. The number of likely N-dealkylation sites (tertiary alicyclic amines) is 1. The van der Waals surface area contributed by atoms with Gasteiger partial charge in [-0.15, -0.1) is 0 Å². The number of piperidine rings is 1. The second-order valence-corrected chi connectivity index (χ2v) is 11.7. The molecule has 0 bridgehead atoms. The molecular formula is C26H34N2O5S. The summed E-state index contributed by atoms with van der Waals surface area (Å²) in [4.78, 5) is 26.5. The number of sulfonamides is 1. The molecule has 1 unspecified atom stereocenters. The highest BCUT2D eigenvalue weighted by Gasteiger charge is 2.22. The lowest BCUT2D eigenvalue weighted by molar-refractivity contribution is -0.136. The smallest absolute Gasteiger partial charge is 0.338 e. The zero-order valence-corrected chi connectivity index (χ0v) is 21.2. The van der Waals surface area contributed by atoms with Crippen molar-refractivity contribution in [2.24, 2.45) is 5.92 Å². The van der Waals surface area contributed by atoms with Crippen LogP contribution in [0.4, 0.5) is 0 Å². The Morgan fingerprint density at radius 1 is 1.06 bits per heavy atom. The van der Waals surface area contributed by atoms with Crippen LogP contribution in [-0.2, 0) is 31.5 Å². The summed E-state index contributed by atoms with van der Waals surface area (Å²) >= 11 is 0. The van der Waals surface area contributed by atoms with E-state index < -0.39 is 16.0 Å². The van der Waals surface area contributed by atoms with E-state index in [0.717, 1.165) is 18.4 Å². The van der Waals surface area contributed by atoms with E-state index in [2.05, 4.69) is 32.4 Å². The van der Waals surface area contributed by atoms with Crippen LogP contribution >= 0.6 is 0 Å². The highest BCUT2D eigenvalue weighted by Crippen LogP contribution is 2.23. The molecule has 1 N–H and O–H groups in total. The molecule has 3 rings (SSSR count). The average molecular weight is 487 g/mol. The fraction of sp³-hybridized carbons (Fsp3) is 0.462. The molecule has 1 aliphatic rings. The van der Waals surface area contributed by atoms with Crippen molar-refractivity contribution in [3.8, 4) is 0 Å². The lowest BCUT2D eigenvalue weighted by atomic mass is 9.87. The number of rotatable bonds is 7. The van der Waals surface area contributed by atoms with Crippen molar-refractivity contribution < 1.29 is 22.7 Å². The Morgan fingerprint density at radius 3 is 2.29 bits per heavy atom. The minimum atomic E-state index is -3.66. The average Bonchev–Trinajstić information content (AvgIpc) is 2.81. The maximum Gasteiger partial charge on any atom is 0.338 e. The second-order valence-electron chi connectivity index (χ2n) is 9.96. The molecule has 7 nitrogen and oxygen atoms in total. The zero-order valence-electron chi connectivity index (χ0n) is 20.3. The van der Waals surface area contributed by atoms with Gasteiger partial charge in [-0.2, -0.15) is 0 Å². The number of ether oxygens (including phenoxy) is 1. The van der Waals surface area contributed by atoms with Crippen LogP contribution in [0.15, 0.2) is 53.4 Å². The largest absolute Gasteiger partial charge is 0.452 e. The molecule has 2 aromatic rings. The molecule has 0 aromatic heterocycles. The van der Waals surface area contributed by atoms with Crippen molar-refractivity contribution >= 4 is 21.9 Å². The topological polar surface area (TPSA) is 92.8 Å². The molecule has 1 atom stereocenters. The van der Waals surface area contributed by atoms with Crippen LogP contribution in [-0.4, -0.2) is 44.9 Å². The van der Waals surface area contributed by atoms with Crippen LogP contribution in [0.5, 0.6) is 0 Å². The zero-order chi connectivity index (χ0) is 24.9. The highest BCUT2D eigenvalue weighted by atomic mass is 32.2. The third-order valence-corrected chi connectivity index (χ3v) is 7.44. The standard InChI is InChI=1S/C26H34N2O5S/c1-19-6-5-15-28(17-19)24(29)18-33-25(30)21-9-7-20(8-10-21)16-27-34(31,32)23-13-11-22(12-14-23)26(2,3)4/h7-14,19,27H,5-6,15-18H2,1-4H3. The van der Waals surface area contributed by atoms with Crippen LogP contribution in [0.25, 0.3) is 0 Å². The Morgan fingerprint density at radius 2 is 1.71 bits per heavy atom. The first-order valence-electron chi connectivity index (χ1n) is 11.6. The molecule has 184 valence electrons. The highest BCUT2D eigenvalue weighted by molar-refractivity contribution is 7.89. The van der Waals surface area contributed by atoms with Gasteiger partial charge in [0.15, 0.2) is 6.61 Å². The molecule has 2 aromatic carbocycles. The van der Waals surface area contributed by atoms with Gasteiger partial charge < -0.3 is 9.64 Å². The van der Waals surface area contributed by atoms with Gasteiger partial charge in [0.2, 0.25) is 10.0 Å². The third-order valence-electron chi connectivity index (χ3n) is 6.02. The van der Waals surface area contributed by atoms with Gasteiger partial charge in [0.05, 0.1) is 10.5 Å². The number of carbonyl (C=O) groups excluding carboxylic acids is 2. The van der Waals surface area contributed by atoms with Gasteiger partial charge in [-0.3, -0.25) is 4.79 Å². The molecule has 0 saturated carbocycles. The summed E-state index contributed by atoms with van der Waals surface area (Å²) in [5.41, 5.74) is 2.01. The van der Waals surface area contributed by atoms with Gasteiger partial charge in [-0.05, 0) is 59.6 Å². The van der Waals surface area contributed by atoms with Gasteiger partial charge in [0.1, 0.15) is 0 Å². The van der Waals surface area contributed by atoms with Crippen molar-refractivity contribution in [1.29, 1.82) is 0 Å². The van der Waals surface area contributed by atoms with Crippen LogP contribution in [0.2, 0.25) is 0 Å². The second kappa shape index (κ2) is 10.7. The van der Waals surface area contributed by atoms with E-state index in [0.29, 0.717) is 30.1 Å². The number of carbonyl (C=O) groups is 2. The number of hydrogen-bond acceptors (Lipinski definition) is 5. The van der Waals surface area contributed by atoms with Gasteiger partial charge >= 0.3 is 5.97 Å². The Hall–Kier alpha value is -2.71. The number of esters is 1. The van der Waals surface area contributed by atoms with Crippen molar-refractivity contribution in [2.75, 3.05) is 19.7 Å². The lowest BCUT2D eigenvalue weighted by Crippen LogP contribution is -2.41. The molecular weight excluding hydrogens is 452 g/mol. The molecule has 34 heavy (non-hydrogen) atoms. The summed E-state index contributed by atoms with van der Waals surface area (Å²) in [5, 5.41) is 0. The van der Waals surface area contributed by atoms with Crippen LogP contribution < -0.4 is 4.72 Å². The first kappa shape index (κ1) is 25.9. The van der Waals surface area contributed by atoms with Crippen molar-refractivity contribution in [1.82, 2.24) is 9.62 Å². The van der Waals surface area contributed by atoms with Gasteiger partial charge in [-0.1, -0.05) is 52.0 Å². The summed E-state index contributed by atoms with van der Waals surface area (Å²) in [6, 6.07) is 13.3. The molecule has 1 amide bonds. The van der Waals surface area contributed by atoms with Crippen LogP contribution in [0, 0.1) is 5.92 Å². The van der Waals surface area contributed by atoms with Gasteiger partial charge in [0, 0.05) is 19.6 Å². The van der Waals surface area contributed by atoms with E-state index in [1.165, 1.54) is 0 Å². The predicted octanol–water partition coefficient (Wildman–Crippen LogP) is 3.88. The van der Waals surface area contributed by atoms with Gasteiger partial charge in [-0.25, -0.2) is 17.9 Å². The monoisotopic (exact) mass is 486 g/mol. The Bertz CT molecular complexity index is 1100. The Kier molecular flexibility index (Phi) is 8.15. The summed E-state index contributed by atoms with van der Waals surface area (Å²) in [6.45, 7) is 9.53. The van der Waals surface area contributed by atoms with E-state index in [9.17, 15) is 18.0 Å². The SMILES string of the molecule is CC1CCCN(C(=O)COC(=O)c2ccc(CNS(=O)(=O)c3ccc(C(C)(C)C)cc3)cc2)C1. The molecule has 8 heteroatoms. The number of nitrogens with zero attached hydrogens (tertiary/aromatic N) is 1. The molecule has 1 heterocycles. The quantitative estimate of drug-likeness (QED) is 0.600. The van der Waals surface area contributed by atoms with Gasteiger partial charge in [0.25, 0.3) is 5.91 Å². The van der Waals surface area contributed by atoms with Crippen molar-refractivity contribution in [3.63, 3.8) is 0 Å². The summed E-state index contributed by atoms with van der Waals surface area (Å²) in [7, 11) is -3.66. The number of amides is 1. The number of nitrogens with one attached hydrogen (secondary N) is 1. The lowest BCUT2D eigenvalue weighted by Gasteiger charge is -2.30.